The zero-order chi connectivity index (χ0) is 15.5. The monoisotopic (exact) mass is 301 g/mol. The molecule has 0 radical (unpaired) electrons. The molecule has 0 saturated heterocycles. The zero-order valence-corrected chi connectivity index (χ0v) is 13.9. The Kier molecular flexibility index (Phi) is 3.18. The van der Waals surface area contributed by atoms with Crippen LogP contribution in [0.25, 0.3) is 0 Å². The molecule has 1 amide bonds. The third-order valence-corrected chi connectivity index (χ3v) is 6.64. The standard InChI is InChI=1S/C19H27NO2/c1-11-4-17(12(2)22-11)18(21)20-13(3)19-8-14-5-15(9-19)7-16(6-14)10-19/h4,13-16H,5-10H2,1-3H3,(H,20,21)/t13-,14?,15?,16?,19?/m0/s1. The second kappa shape index (κ2) is 4.87. The van der Waals surface area contributed by atoms with E-state index in [1.807, 2.05) is 19.9 Å². The molecule has 0 unspecified atom stereocenters. The van der Waals surface area contributed by atoms with E-state index < -0.39 is 0 Å². The van der Waals surface area contributed by atoms with Gasteiger partial charge in [0.05, 0.1) is 5.56 Å². The lowest BCUT2D eigenvalue weighted by Crippen LogP contribution is -2.55. The van der Waals surface area contributed by atoms with Gasteiger partial charge in [0, 0.05) is 6.04 Å². The first-order valence-corrected chi connectivity index (χ1v) is 8.83. The lowest BCUT2D eigenvalue weighted by Gasteiger charge is -2.59. The van der Waals surface area contributed by atoms with Gasteiger partial charge < -0.3 is 9.73 Å². The molecule has 4 fully saturated rings. The minimum absolute atomic E-state index is 0.0394. The van der Waals surface area contributed by atoms with Crippen LogP contribution in [0.4, 0.5) is 0 Å². The summed E-state index contributed by atoms with van der Waals surface area (Å²) in [5.74, 6) is 4.34. The van der Waals surface area contributed by atoms with Crippen molar-refractivity contribution in [2.75, 3.05) is 0 Å². The molecule has 0 spiro atoms. The van der Waals surface area contributed by atoms with Crippen molar-refractivity contribution in [2.45, 2.75) is 65.3 Å². The molecular formula is C19H27NO2. The van der Waals surface area contributed by atoms with Gasteiger partial charge in [-0.05, 0) is 88.5 Å². The number of aryl methyl sites for hydroxylation is 2. The van der Waals surface area contributed by atoms with Gasteiger partial charge in [0.15, 0.2) is 0 Å². The van der Waals surface area contributed by atoms with Gasteiger partial charge in [0.2, 0.25) is 0 Å². The minimum atomic E-state index is 0.0394. The summed E-state index contributed by atoms with van der Waals surface area (Å²) in [5, 5.41) is 3.31. The highest BCUT2D eigenvalue weighted by molar-refractivity contribution is 5.95. The van der Waals surface area contributed by atoms with Crippen LogP contribution in [0.15, 0.2) is 10.5 Å². The molecule has 5 rings (SSSR count). The SMILES string of the molecule is Cc1cc(C(=O)N[C@@H](C)C23CC4CC(CC(C4)C2)C3)c(C)o1. The van der Waals surface area contributed by atoms with Gasteiger partial charge in [0.1, 0.15) is 11.5 Å². The average Bonchev–Trinajstić information content (AvgIpc) is 2.76. The number of rotatable bonds is 3. The van der Waals surface area contributed by atoms with Crippen LogP contribution in [-0.4, -0.2) is 11.9 Å². The Morgan fingerprint density at radius 1 is 1.18 bits per heavy atom. The Morgan fingerprint density at radius 3 is 2.18 bits per heavy atom. The number of carbonyl (C=O) groups is 1. The molecule has 1 heterocycles. The highest BCUT2D eigenvalue weighted by atomic mass is 16.3. The quantitative estimate of drug-likeness (QED) is 0.907. The predicted octanol–water partition coefficient (Wildman–Crippen LogP) is 4.23. The normalized spacial score (nSPS) is 37.3. The van der Waals surface area contributed by atoms with Gasteiger partial charge in [-0.3, -0.25) is 4.79 Å². The summed E-state index contributed by atoms with van der Waals surface area (Å²) in [4.78, 5) is 12.6. The lowest BCUT2D eigenvalue weighted by atomic mass is 9.48. The minimum Gasteiger partial charge on any atom is -0.466 e. The van der Waals surface area contributed by atoms with Crippen molar-refractivity contribution in [3.8, 4) is 0 Å². The number of amides is 1. The maximum atomic E-state index is 12.6. The fourth-order valence-corrected chi connectivity index (χ4v) is 5.99. The van der Waals surface area contributed by atoms with Crippen molar-refractivity contribution in [2.24, 2.45) is 23.2 Å². The molecule has 0 aliphatic heterocycles. The molecule has 0 aromatic carbocycles. The second-order valence-corrected chi connectivity index (χ2v) is 8.30. The van der Waals surface area contributed by atoms with Gasteiger partial charge in [-0.25, -0.2) is 0 Å². The van der Waals surface area contributed by atoms with Crippen molar-refractivity contribution >= 4 is 5.91 Å². The topological polar surface area (TPSA) is 42.2 Å². The second-order valence-electron chi connectivity index (χ2n) is 8.30. The Morgan fingerprint density at radius 2 is 1.73 bits per heavy atom. The molecule has 1 atom stereocenters. The molecule has 1 aromatic heterocycles. The number of hydrogen-bond donors (Lipinski definition) is 1. The van der Waals surface area contributed by atoms with Crippen molar-refractivity contribution in [3.63, 3.8) is 0 Å². The first kappa shape index (κ1) is 14.3. The molecule has 4 aliphatic carbocycles. The first-order chi connectivity index (χ1) is 10.4. The molecule has 3 heteroatoms. The third-order valence-electron chi connectivity index (χ3n) is 6.64. The Labute approximate surface area is 132 Å². The molecule has 22 heavy (non-hydrogen) atoms. The van der Waals surface area contributed by atoms with E-state index in [4.69, 9.17) is 4.42 Å². The summed E-state index contributed by atoms with van der Waals surface area (Å²) in [6.45, 7) is 6.00. The van der Waals surface area contributed by atoms with E-state index in [1.165, 1.54) is 38.5 Å². The fourth-order valence-electron chi connectivity index (χ4n) is 5.99. The van der Waals surface area contributed by atoms with Gasteiger partial charge >= 0.3 is 0 Å². The summed E-state index contributed by atoms with van der Waals surface area (Å²) >= 11 is 0. The molecule has 4 saturated carbocycles. The van der Waals surface area contributed by atoms with E-state index in [0.29, 0.717) is 11.0 Å². The third kappa shape index (κ3) is 2.21. The van der Waals surface area contributed by atoms with Gasteiger partial charge in [-0.15, -0.1) is 0 Å². The van der Waals surface area contributed by atoms with Gasteiger partial charge in [0.25, 0.3) is 5.91 Å². The molecule has 1 N–H and O–H groups in total. The summed E-state index contributed by atoms with van der Waals surface area (Å²) in [5.41, 5.74) is 1.06. The van der Waals surface area contributed by atoms with E-state index in [1.54, 1.807) is 0 Å². The summed E-state index contributed by atoms with van der Waals surface area (Å²) in [6, 6.07) is 2.12. The summed E-state index contributed by atoms with van der Waals surface area (Å²) < 4.78 is 5.51. The molecule has 4 bridgehead atoms. The van der Waals surface area contributed by atoms with Crippen molar-refractivity contribution < 1.29 is 9.21 Å². The smallest absolute Gasteiger partial charge is 0.255 e. The largest absolute Gasteiger partial charge is 0.466 e. The van der Waals surface area contributed by atoms with Crippen molar-refractivity contribution in [1.82, 2.24) is 5.32 Å². The van der Waals surface area contributed by atoms with E-state index in [2.05, 4.69) is 12.2 Å². The number of furan rings is 1. The highest BCUT2D eigenvalue weighted by Crippen LogP contribution is 2.61. The van der Waals surface area contributed by atoms with Crippen LogP contribution in [0.5, 0.6) is 0 Å². The number of hydrogen-bond acceptors (Lipinski definition) is 2. The van der Waals surface area contributed by atoms with E-state index in [9.17, 15) is 4.79 Å². The van der Waals surface area contributed by atoms with Crippen LogP contribution >= 0.6 is 0 Å². The molecule has 4 aliphatic rings. The van der Waals surface area contributed by atoms with E-state index in [0.717, 1.165) is 29.3 Å². The van der Waals surface area contributed by atoms with Crippen LogP contribution in [0.2, 0.25) is 0 Å². The molecule has 3 nitrogen and oxygen atoms in total. The average molecular weight is 301 g/mol. The first-order valence-electron chi connectivity index (χ1n) is 8.83. The van der Waals surface area contributed by atoms with E-state index in [-0.39, 0.29) is 11.9 Å². The van der Waals surface area contributed by atoms with E-state index >= 15 is 0 Å². The lowest BCUT2D eigenvalue weighted by molar-refractivity contribution is -0.0688. The predicted molar refractivity (Wildman–Crippen MR) is 85.7 cm³/mol. The van der Waals surface area contributed by atoms with Gasteiger partial charge in [-0.1, -0.05) is 0 Å². The van der Waals surface area contributed by atoms with Crippen molar-refractivity contribution in [1.29, 1.82) is 0 Å². The summed E-state index contributed by atoms with van der Waals surface area (Å²) in [7, 11) is 0. The van der Waals surface area contributed by atoms with Crippen LogP contribution in [0.3, 0.4) is 0 Å². The summed E-state index contributed by atoms with van der Waals surface area (Å²) in [6.07, 6.45) is 8.30. The number of carbonyl (C=O) groups excluding carboxylic acids is 1. The Balaban J connectivity index is 1.51. The van der Waals surface area contributed by atoms with Crippen LogP contribution in [-0.2, 0) is 0 Å². The van der Waals surface area contributed by atoms with Crippen LogP contribution < -0.4 is 5.32 Å². The van der Waals surface area contributed by atoms with Crippen molar-refractivity contribution in [3.05, 3.63) is 23.2 Å². The Hall–Kier alpha value is -1.25. The molecular weight excluding hydrogens is 274 g/mol. The number of nitrogens with one attached hydrogen (secondary N) is 1. The highest BCUT2D eigenvalue weighted by Gasteiger charge is 2.53. The Bertz CT molecular complexity index is 565. The van der Waals surface area contributed by atoms with Crippen LogP contribution in [0, 0.1) is 37.0 Å². The molecule has 120 valence electrons. The molecule has 1 aromatic rings. The maximum Gasteiger partial charge on any atom is 0.255 e. The van der Waals surface area contributed by atoms with Crippen LogP contribution in [0.1, 0.15) is 67.3 Å². The van der Waals surface area contributed by atoms with Gasteiger partial charge in [-0.2, -0.15) is 0 Å². The zero-order valence-electron chi connectivity index (χ0n) is 13.9. The maximum absolute atomic E-state index is 12.6. The fraction of sp³-hybridized carbons (Fsp3) is 0.737.